The van der Waals surface area contributed by atoms with Gasteiger partial charge in [0.2, 0.25) is 0 Å². The lowest BCUT2D eigenvalue weighted by Crippen LogP contribution is -2.47. The van der Waals surface area contributed by atoms with Crippen molar-refractivity contribution in [1.29, 1.82) is 0 Å². The molecule has 2 heterocycles. The average molecular weight is 634 g/mol. The Morgan fingerprint density at radius 3 is 2.26 bits per heavy atom. The molecule has 1 N–H and O–H groups in total. The molecule has 1 fully saturated rings. The van der Waals surface area contributed by atoms with Crippen LogP contribution in [0.15, 0.2) is 35.5 Å². The van der Waals surface area contributed by atoms with Gasteiger partial charge in [-0.2, -0.15) is 39.5 Å². The predicted octanol–water partition coefficient (Wildman–Crippen LogP) is 7.15. The fourth-order valence-corrected chi connectivity index (χ4v) is 5.15. The second-order valence-electron chi connectivity index (χ2n) is 10.1. The van der Waals surface area contributed by atoms with Gasteiger partial charge in [-0.05, 0) is 55.2 Å². The van der Waals surface area contributed by atoms with Crippen LogP contribution in [0.5, 0.6) is 0 Å². The summed E-state index contributed by atoms with van der Waals surface area (Å²) in [5.41, 5.74) is -6.61. The summed E-state index contributed by atoms with van der Waals surface area (Å²) >= 11 is 5.52. The zero-order valence-corrected chi connectivity index (χ0v) is 22.3. The van der Waals surface area contributed by atoms with Crippen LogP contribution in [0.4, 0.5) is 43.9 Å². The van der Waals surface area contributed by atoms with E-state index in [1.54, 1.807) is 0 Å². The topological polar surface area (TPSA) is 53.9 Å². The fourth-order valence-electron chi connectivity index (χ4n) is 4.93. The van der Waals surface area contributed by atoms with Crippen LogP contribution in [-0.4, -0.2) is 54.5 Å². The number of amides is 1. The molecular formula is C26H22ClF10N3O2. The van der Waals surface area contributed by atoms with Crippen molar-refractivity contribution < 1.29 is 53.5 Å². The molecule has 0 unspecified atom stereocenters. The van der Waals surface area contributed by atoms with E-state index in [0.29, 0.717) is 5.56 Å². The van der Waals surface area contributed by atoms with Crippen molar-refractivity contribution in [2.45, 2.75) is 56.4 Å². The zero-order chi connectivity index (χ0) is 31.3. The van der Waals surface area contributed by atoms with Crippen molar-refractivity contribution >= 4 is 23.2 Å². The zero-order valence-electron chi connectivity index (χ0n) is 21.6. The summed E-state index contributed by atoms with van der Waals surface area (Å²) in [4.78, 5) is 18.7. The quantitative estimate of drug-likeness (QED) is 0.356. The number of hydrogen-bond donors (Lipinski definition) is 1. The van der Waals surface area contributed by atoms with Gasteiger partial charge < -0.3 is 10.2 Å². The molecule has 1 atom stereocenters. The van der Waals surface area contributed by atoms with Crippen molar-refractivity contribution in [3.8, 4) is 0 Å². The number of halogens is 11. The minimum absolute atomic E-state index is 0.0144. The molecule has 16 heteroatoms. The van der Waals surface area contributed by atoms with E-state index in [-0.39, 0.29) is 54.9 Å². The number of aryl methyl sites for hydroxylation is 1. The molecule has 0 saturated carbocycles. The number of carbonyl (C=O) groups excluding carboxylic acids is 1. The summed E-state index contributed by atoms with van der Waals surface area (Å²) in [6.07, 6.45) is -15.5. The van der Waals surface area contributed by atoms with Crippen LogP contribution in [-0.2, 0) is 16.6 Å². The third-order valence-electron chi connectivity index (χ3n) is 7.11. The Kier molecular flexibility index (Phi) is 8.50. The van der Waals surface area contributed by atoms with Crippen LogP contribution in [0.3, 0.4) is 0 Å². The number of nitrogens with one attached hydrogen (secondary N) is 1. The second kappa shape index (κ2) is 11.2. The molecule has 0 spiro atoms. The van der Waals surface area contributed by atoms with Crippen molar-refractivity contribution in [3.63, 3.8) is 0 Å². The van der Waals surface area contributed by atoms with Crippen LogP contribution in [0.25, 0.3) is 0 Å². The van der Waals surface area contributed by atoms with Crippen molar-refractivity contribution in [2.24, 2.45) is 5.16 Å². The van der Waals surface area contributed by atoms with Gasteiger partial charge in [-0.3, -0.25) is 9.69 Å². The van der Waals surface area contributed by atoms with E-state index in [2.05, 4.69) is 15.3 Å². The number of carbonyl (C=O) groups is 1. The van der Waals surface area contributed by atoms with Crippen molar-refractivity contribution in [1.82, 2.24) is 10.2 Å². The summed E-state index contributed by atoms with van der Waals surface area (Å²) in [7, 11) is 0. The monoisotopic (exact) mass is 633 g/mol. The summed E-state index contributed by atoms with van der Waals surface area (Å²) < 4.78 is 135. The Morgan fingerprint density at radius 1 is 1.07 bits per heavy atom. The van der Waals surface area contributed by atoms with Crippen LogP contribution < -0.4 is 5.32 Å². The molecule has 2 aliphatic heterocycles. The van der Waals surface area contributed by atoms with Crippen molar-refractivity contribution in [2.75, 3.05) is 19.6 Å². The number of piperidine rings is 1. The van der Waals surface area contributed by atoms with E-state index in [4.69, 9.17) is 11.6 Å². The molecule has 5 nitrogen and oxygen atoms in total. The molecule has 230 valence electrons. The molecule has 0 bridgehead atoms. The largest absolute Gasteiger partial charge is 0.435 e. The number of nitrogens with zero attached hydrogens (tertiary/aromatic N) is 2. The van der Waals surface area contributed by atoms with Gasteiger partial charge in [-0.25, -0.2) is 4.39 Å². The molecule has 42 heavy (non-hydrogen) atoms. The molecule has 2 aromatic rings. The highest BCUT2D eigenvalue weighted by Crippen LogP contribution is 2.51. The Hall–Kier alpha value is -3.07. The van der Waals surface area contributed by atoms with E-state index in [1.807, 2.05) is 0 Å². The van der Waals surface area contributed by atoms with Gasteiger partial charge >= 0.3 is 18.5 Å². The number of benzene rings is 2. The van der Waals surface area contributed by atoms with Crippen LogP contribution in [0, 0.1) is 12.7 Å². The first-order chi connectivity index (χ1) is 19.3. The van der Waals surface area contributed by atoms with Crippen molar-refractivity contribution in [3.05, 3.63) is 69.0 Å². The van der Waals surface area contributed by atoms with E-state index in [9.17, 15) is 48.7 Å². The van der Waals surface area contributed by atoms with E-state index < -0.39 is 71.0 Å². The molecule has 1 saturated heterocycles. The fraction of sp³-hybridized carbons (Fsp3) is 0.462. The van der Waals surface area contributed by atoms with Crippen LogP contribution >= 0.6 is 11.6 Å². The molecule has 0 aliphatic carbocycles. The van der Waals surface area contributed by atoms with Gasteiger partial charge in [0.15, 0.2) is 0 Å². The number of hydrogen-bond acceptors (Lipinski definition) is 4. The number of oxime groups is 1. The lowest BCUT2D eigenvalue weighted by atomic mass is 9.85. The number of rotatable bonds is 5. The summed E-state index contributed by atoms with van der Waals surface area (Å²) in [5, 5.41) is 4.98. The SMILES string of the molecule is Cc1cc(C2=NO[C@@](c3cc(C(F)(F)F)cc(Cl)c3F)(C(F)(F)F)C2)ccc1C(=O)NC1CCN(CC(F)(F)F)CC1. The molecular weight excluding hydrogens is 612 g/mol. The van der Waals surface area contributed by atoms with Gasteiger partial charge in [0.05, 0.1) is 29.3 Å². The van der Waals surface area contributed by atoms with Crippen LogP contribution in [0.1, 0.15) is 51.9 Å². The Morgan fingerprint density at radius 2 is 1.71 bits per heavy atom. The van der Waals surface area contributed by atoms with Crippen LogP contribution in [0.2, 0.25) is 5.02 Å². The lowest BCUT2D eigenvalue weighted by molar-refractivity contribution is -0.276. The summed E-state index contributed by atoms with van der Waals surface area (Å²) in [6.45, 7) is 0.677. The molecule has 4 rings (SSSR count). The summed E-state index contributed by atoms with van der Waals surface area (Å²) in [6, 6.07) is 3.61. The highest BCUT2D eigenvalue weighted by atomic mass is 35.5. The number of likely N-dealkylation sites (tertiary alicyclic amines) is 1. The third-order valence-corrected chi connectivity index (χ3v) is 7.38. The predicted molar refractivity (Wildman–Crippen MR) is 131 cm³/mol. The van der Waals surface area contributed by atoms with E-state index in [0.717, 1.165) is 0 Å². The number of alkyl halides is 9. The first-order valence-corrected chi connectivity index (χ1v) is 12.8. The maximum Gasteiger partial charge on any atom is 0.435 e. The summed E-state index contributed by atoms with van der Waals surface area (Å²) in [5.74, 6) is -2.30. The maximum atomic E-state index is 14.8. The Balaban J connectivity index is 1.52. The highest BCUT2D eigenvalue weighted by molar-refractivity contribution is 6.30. The first-order valence-electron chi connectivity index (χ1n) is 12.4. The molecule has 0 aromatic heterocycles. The third kappa shape index (κ3) is 6.61. The maximum absolute atomic E-state index is 14.8. The minimum Gasteiger partial charge on any atom is -0.374 e. The van der Waals surface area contributed by atoms with Gasteiger partial charge in [-0.1, -0.05) is 22.8 Å². The minimum atomic E-state index is -5.42. The highest BCUT2D eigenvalue weighted by Gasteiger charge is 2.64. The first kappa shape index (κ1) is 31.9. The van der Waals surface area contributed by atoms with Gasteiger partial charge in [0.1, 0.15) is 5.82 Å². The Bertz CT molecular complexity index is 1380. The Labute approximate surface area is 237 Å². The standard InChI is InChI=1S/C26H22ClF10N3O2/c1-13-8-14(2-3-17(13)22(41)38-16-4-6-40(7-5-16)12-24(29,30)31)20-11-23(42-39-20,26(35,36)37)18-9-15(25(32,33)34)10-19(27)21(18)28/h2-3,8-10,16H,4-7,11-12H2,1H3,(H,38,41)/t23-/m0/s1. The molecule has 2 aliphatic rings. The molecule has 1 amide bonds. The molecule has 0 radical (unpaired) electrons. The average Bonchev–Trinajstić information content (AvgIpc) is 3.32. The second-order valence-corrected chi connectivity index (χ2v) is 10.5. The molecule has 2 aromatic carbocycles. The van der Waals surface area contributed by atoms with E-state index >= 15 is 0 Å². The van der Waals surface area contributed by atoms with Gasteiger partial charge in [0, 0.05) is 30.3 Å². The van der Waals surface area contributed by atoms with Gasteiger partial charge in [0.25, 0.3) is 11.5 Å². The smallest absolute Gasteiger partial charge is 0.374 e. The lowest BCUT2D eigenvalue weighted by Gasteiger charge is -2.32. The van der Waals surface area contributed by atoms with Gasteiger partial charge in [-0.15, -0.1) is 0 Å². The van der Waals surface area contributed by atoms with E-state index in [1.165, 1.54) is 30.0 Å². The normalized spacial score (nSPS) is 20.8.